The maximum absolute atomic E-state index is 10.9. The molecular weight excluding hydrogens is 172 g/mol. The summed E-state index contributed by atoms with van der Waals surface area (Å²) in [6.07, 6.45) is 4.49. The van der Waals surface area contributed by atoms with Crippen molar-refractivity contribution in [2.24, 2.45) is 0 Å². The summed E-state index contributed by atoms with van der Waals surface area (Å²) in [6, 6.07) is 0. The van der Waals surface area contributed by atoms with Crippen LogP contribution in [0.1, 0.15) is 26.7 Å². The minimum absolute atomic E-state index is 0.215. The van der Waals surface area contributed by atoms with Crippen LogP contribution in [-0.2, 0) is 14.3 Å². The lowest BCUT2D eigenvalue weighted by Crippen LogP contribution is -2.28. The van der Waals surface area contributed by atoms with Crippen LogP contribution in [0.15, 0.2) is 0 Å². The molecule has 0 fully saturated rings. The Bertz CT molecular complexity index is 247. The molecule has 0 aliphatic heterocycles. The van der Waals surface area contributed by atoms with Crippen LogP contribution in [0.2, 0.25) is 0 Å². The van der Waals surface area contributed by atoms with Gasteiger partial charge in [-0.25, -0.2) is 0 Å². The summed E-state index contributed by atoms with van der Waals surface area (Å²) >= 11 is 0. The van der Waals surface area contributed by atoms with Gasteiger partial charge in [0.1, 0.15) is 0 Å². The SMILES string of the molecule is C#CC(C)(C)OC(=O)CCC(=O)[O-]. The third kappa shape index (κ3) is 5.74. The Morgan fingerprint density at radius 2 is 2.00 bits per heavy atom. The van der Waals surface area contributed by atoms with Gasteiger partial charge in [-0.15, -0.1) is 6.42 Å². The van der Waals surface area contributed by atoms with Crippen molar-refractivity contribution in [3.63, 3.8) is 0 Å². The van der Waals surface area contributed by atoms with Crippen molar-refractivity contribution in [3.05, 3.63) is 0 Å². The topological polar surface area (TPSA) is 66.4 Å². The zero-order chi connectivity index (χ0) is 10.5. The van der Waals surface area contributed by atoms with Crippen LogP contribution in [0, 0.1) is 12.3 Å². The van der Waals surface area contributed by atoms with Gasteiger partial charge in [0.15, 0.2) is 5.60 Å². The van der Waals surface area contributed by atoms with Gasteiger partial charge in [0.2, 0.25) is 0 Å². The zero-order valence-electron chi connectivity index (χ0n) is 7.62. The van der Waals surface area contributed by atoms with Gasteiger partial charge in [-0.2, -0.15) is 0 Å². The molecule has 0 N–H and O–H groups in total. The molecule has 0 aromatic heterocycles. The second-order valence-corrected chi connectivity index (χ2v) is 3.00. The lowest BCUT2D eigenvalue weighted by molar-refractivity contribution is -0.305. The lowest BCUT2D eigenvalue weighted by Gasteiger charge is -2.18. The predicted octanol–water partition coefficient (Wildman–Crippen LogP) is -0.528. The van der Waals surface area contributed by atoms with Crippen LogP contribution >= 0.6 is 0 Å². The molecule has 0 aliphatic rings. The number of aliphatic carboxylic acids is 1. The van der Waals surface area contributed by atoms with Crippen molar-refractivity contribution in [2.45, 2.75) is 32.3 Å². The van der Waals surface area contributed by atoms with E-state index >= 15 is 0 Å². The summed E-state index contributed by atoms with van der Waals surface area (Å²) in [5, 5.41) is 9.98. The summed E-state index contributed by atoms with van der Waals surface area (Å²) in [5.74, 6) is 0.339. The molecule has 0 aromatic rings. The molecule has 0 aliphatic carbocycles. The standard InChI is InChI=1S/C9H12O4/c1-4-9(2,3)13-8(12)6-5-7(10)11/h1H,5-6H2,2-3H3,(H,10,11)/p-1. The second-order valence-electron chi connectivity index (χ2n) is 3.00. The Morgan fingerprint density at radius 3 is 2.38 bits per heavy atom. The van der Waals surface area contributed by atoms with Gasteiger partial charge < -0.3 is 14.6 Å². The highest BCUT2D eigenvalue weighted by atomic mass is 16.6. The Morgan fingerprint density at radius 1 is 1.46 bits per heavy atom. The largest absolute Gasteiger partial charge is 0.550 e. The first-order chi connectivity index (χ1) is 5.87. The molecule has 4 nitrogen and oxygen atoms in total. The third-order valence-corrected chi connectivity index (χ3v) is 1.25. The highest BCUT2D eigenvalue weighted by molar-refractivity contribution is 5.76. The predicted molar refractivity (Wildman–Crippen MR) is 43.2 cm³/mol. The minimum Gasteiger partial charge on any atom is -0.550 e. The molecule has 0 heterocycles. The Kier molecular flexibility index (Phi) is 3.99. The number of carbonyl (C=O) groups excluding carboxylic acids is 2. The van der Waals surface area contributed by atoms with E-state index in [9.17, 15) is 14.7 Å². The average molecular weight is 183 g/mol. The van der Waals surface area contributed by atoms with Gasteiger partial charge >= 0.3 is 5.97 Å². The number of carbonyl (C=O) groups is 2. The molecule has 0 unspecified atom stereocenters. The number of hydrogen-bond donors (Lipinski definition) is 0. The van der Waals surface area contributed by atoms with Gasteiger partial charge in [0.25, 0.3) is 0 Å². The molecule has 0 radical (unpaired) electrons. The van der Waals surface area contributed by atoms with Gasteiger partial charge in [0.05, 0.1) is 6.42 Å². The number of ether oxygens (including phenoxy) is 1. The van der Waals surface area contributed by atoms with Gasteiger partial charge in [-0.3, -0.25) is 4.79 Å². The van der Waals surface area contributed by atoms with E-state index in [1.165, 1.54) is 0 Å². The van der Waals surface area contributed by atoms with E-state index in [-0.39, 0.29) is 12.8 Å². The fraction of sp³-hybridized carbons (Fsp3) is 0.556. The summed E-state index contributed by atoms with van der Waals surface area (Å²) < 4.78 is 4.77. The number of hydrogen-bond acceptors (Lipinski definition) is 4. The highest BCUT2D eigenvalue weighted by Gasteiger charge is 2.18. The smallest absolute Gasteiger partial charge is 0.307 e. The first-order valence-electron chi connectivity index (χ1n) is 3.77. The van der Waals surface area contributed by atoms with Crippen molar-refractivity contribution >= 4 is 11.9 Å². The van der Waals surface area contributed by atoms with Gasteiger partial charge in [-0.1, -0.05) is 5.92 Å². The molecule has 13 heavy (non-hydrogen) atoms. The van der Waals surface area contributed by atoms with Gasteiger partial charge in [-0.05, 0) is 20.3 Å². The Balaban J connectivity index is 3.90. The van der Waals surface area contributed by atoms with Crippen molar-refractivity contribution in [1.29, 1.82) is 0 Å². The van der Waals surface area contributed by atoms with E-state index < -0.39 is 17.5 Å². The molecule has 0 rings (SSSR count). The summed E-state index contributed by atoms with van der Waals surface area (Å²) in [7, 11) is 0. The van der Waals surface area contributed by atoms with Crippen LogP contribution in [0.4, 0.5) is 0 Å². The minimum atomic E-state index is -1.28. The van der Waals surface area contributed by atoms with Gasteiger partial charge in [0, 0.05) is 5.97 Å². The molecule has 0 saturated heterocycles. The number of terminal acetylenes is 1. The highest BCUT2D eigenvalue weighted by Crippen LogP contribution is 2.08. The molecule has 4 heteroatoms. The van der Waals surface area contributed by atoms with E-state index in [4.69, 9.17) is 11.2 Å². The van der Waals surface area contributed by atoms with Crippen LogP contribution in [-0.4, -0.2) is 17.5 Å². The molecule has 72 valence electrons. The van der Waals surface area contributed by atoms with Crippen LogP contribution < -0.4 is 5.11 Å². The second kappa shape index (κ2) is 4.51. The first-order valence-corrected chi connectivity index (χ1v) is 3.77. The molecule has 0 bridgehead atoms. The van der Waals surface area contributed by atoms with E-state index in [1.54, 1.807) is 13.8 Å². The molecular formula is C9H11O4-. The van der Waals surface area contributed by atoms with Crippen LogP contribution in [0.25, 0.3) is 0 Å². The molecule has 0 amide bonds. The van der Waals surface area contributed by atoms with Crippen LogP contribution in [0.3, 0.4) is 0 Å². The monoisotopic (exact) mass is 183 g/mol. The Labute approximate surface area is 76.9 Å². The fourth-order valence-electron chi connectivity index (χ4n) is 0.569. The molecule has 0 spiro atoms. The maximum atomic E-state index is 10.9. The van der Waals surface area contributed by atoms with E-state index in [1.807, 2.05) is 0 Å². The quantitative estimate of drug-likeness (QED) is 0.434. The summed E-state index contributed by atoms with van der Waals surface area (Å²) in [4.78, 5) is 20.9. The van der Waals surface area contributed by atoms with E-state index in [0.29, 0.717) is 0 Å². The molecule has 0 aromatic carbocycles. The van der Waals surface area contributed by atoms with E-state index in [0.717, 1.165) is 0 Å². The number of carboxylic acid groups (broad SMARTS) is 1. The summed E-state index contributed by atoms with van der Waals surface area (Å²) in [5.41, 5.74) is -0.983. The first kappa shape index (κ1) is 11.5. The van der Waals surface area contributed by atoms with Crippen molar-refractivity contribution in [1.82, 2.24) is 0 Å². The lowest BCUT2D eigenvalue weighted by atomic mass is 10.1. The molecule has 0 atom stereocenters. The third-order valence-electron chi connectivity index (χ3n) is 1.25. The van der Waals surface area contributed by atoms with Crippen LogP contribution in [0.5, 0.6) is 0 Å². The average Bonchev–Trinajstić information content (AvgIpc) is 2.00. The number of rotatable bonds is 4. The van der Waals surface area contributed by atoms with Crippen molar-refractivity contribution < 1.29 is 19.4 Å². The number of esters is 1. The van der Waals surface area contributed by atoms with E-state index in [2.05, 4.69) is 5.92 Å². The van der Waals surface area contributed by atoms with Crippen molar-refractivity contribution in [3.8, 4) is 12.3 Å². The normalized spacial score (nSPS) is 10.2. The fourth-order valence-corrected chi connectivity index (χ4v) is 0.569. The summed E-state index contributed by atoms with van der Waals surface area (Å²) in [6.45, 7) is 3.09. The number of carboxylic acids is 1. The Hall–Kier alpha value is -1.50. The van der Waals surface area contributed by atoms with Crippen molar-refractivity contribution in [2.75, 3.05) is 0 Å². The maximum Gasteiger partial charge on any atom is 0.307 e. The molecule has 0 saturated carbocycles. The zero-order valence-corrected chi connectivity index (χ0v) is 7.62.